The van der Waals surface area contributed by atoms with E-state index in [9.17, 15) is 0 Å². The average molecular weight is 917 g/mol. The monoisotopic (exact) mass is 917 g/mol. The SMILES string of the molecule is [2H]C([2H])([2H])c1c[c-]c(-c2ccc(C([2H])([2H])[2H])cn2)cc1.[2H]C([2H])([2H])c1cc(-c2cc(-c3[c-]ccc4c3oc3c(C([2H])([2H])[2H])cccc34)ncc2C([2H])([2H])[2H])c(C([2H])([2H])[2H])cc1-c1ccc(C([2H])([2H])C(C)(C)C)cc1.[Ir]. The van der Waals surface area contributed by atoms with Gasteiger partial charge in [-0.2, -0.15) is 0 Å². The fourth-order valence-corrected chi connectivity index (χ4v) is 6.13. The van der Waals surface area contributed by atoms with Gasteiger partial charge < -0.3 is 14.4 Å². The zero-order valence-electron chi connectivity index (χ0n) is 50.1. The first kappa shape index (κ1) is 21.2. The average Bonchev–Trinajstić information content (AvgIpc) is 3.68. The summed E-state index contributed by atoms with van der Waals surface area (Å²) in [5, 5.41) is 1.07. The summed E-state index contributed by atoms with van der Waals surface area (Å²) in [6, 6.07) is 31.5. The van der Waals surface area contributed by atoms with Gasteiger partial charge in [-0.05, 0) is 113 Å². The fraction of sp³-hybridized carbons (Fsp3) is 0.216. The number of benzene rings is 5. The van der Waals surface area contributed by atoms with E-state index in [1.165, 1.54) is 48.7 Å². The number of hydrogen-bond donors (Lipinski definition) is 0. The molecular weight excluding hydrogens is 849 g/mol. The maximum absolute atomic E-state index is 8.65. The van der Waals surface area contributed by atoms with Crippen molar-refractivity contribution in [3.63, 3.8) is 0 Å². The van der Waals surface area contributed by atoms with Gasteiger partial charge in [0.2, 0.25) is 0 Å². The molecule has 0 amide bonds. The largest absolute Gasteiger partial charge is 0.500 e. The van der Waals surface area contributed by atoms with Crippen LogP contribution in [0.25, 0.3) is 66.7 Å². The van der Waals surface area contributed by atoms with E-state index < -0.39 is 52.9 Å². The van der Waals surface area contributed by atoms with Gasteiger partial charge in [0.05, 0.1) is 5.58 Å². The Balaban J connectivity index is 0.000000365. The van der Waals surface area contributed by atoms with Crippen molar-refractivity contribution in [2.75, 3.05) is 0 Å². The van der Waals surface area contributed by atoms with Gasteiger partial charge in [-0.15, -0.1) is 53.6 Å². The minimum atomic E-state index is -2.85. The molecule has 8 rings (SSSR count). The van der Waals surface area contributed by atoms with Crippen LogP contribution in [0.3, 0.4) is 0 Å². The number of hydrogen-bond acceptors (Lipinski definition) is 3. The second-order valence-electron chi connectivity index (χ2n) is 13.8. The summed E-state index contributed by atoms with van der Waals surface area (Å²) < 4.78 is 167. The Morgan fingerprint density at radius 1 is 0.636 bits per heavy atom. The molecule has 0 aliphatic rings. The first-order valence-corrected chi connectivity index (χ1v) is 17.1. The third-order valence-electron chi connectivity index (χ3n) is 8.63. The second-order valence-corrected chi connectivity index (χ2v) is 13.8. The van der Waals surface area contributed by atoms with E-state index >= 15 is 0 Å². The predicted molar refractivity (Wildman–Crippen MR) is 227 cm³/mol. The Hall–Kier alpha value is -5.15. The van der Waals surface area contributed by atoms with E-state index in [1.807, 2.05) is 0 Å². The number of aromatic nitrogens is 2. The first-order valence-electron chi connectivity index (χ1n) is 27.1. The summed E-state index contributed by atoms with van der Waals surface area (Å²) in [5.74, 6) is 0. The molecule has 55 heavy (non-hydrogen) atoms. The molecular formula is C51H48IrN2O-2. The maximum atomic E-state index is 8.65. The van der Waals surface area contributed by atoms with Crippen molar-refractivity contribution >= 4 is 21.9 Å². The van der Waals surface area contributed by atoms with Gasteiger partial charge in [0.25, 0.3) is 0 Å². The Kier molecular flexibility index (Phi) is 6.29. The fourth-order valence-electron chi connectivity index (χ4n) is 6.13. The summed E-state index contributed by atoms with van der Waals surface area (Å²) in [6.45, 7) is -9.99. The molecule has 5 aromatic carbocycles. The molecule has 8 aromatic rings. The van der Waals surface area contributed by atoms with E-state index in [-0.39, 0.29) is 92.6 Å². The molecule has 3 nitrogen and oxygen atoms in total. The van der Waals surface area contributed by atoms with Gasteiger partial charge >= 0.3 is 0 Å². The van der Waals surface area contributed by atoms with E-state index in [2.05, 4.69) is 22.1 Å². The van der Waals surface area contributed by atoms with Crippen LogP contribution in [-0.2, 0) is 26.5 Å². The van der Waals surface area contributed by atoms with Gasteiger partial charge in [0.1, 0.15) is 5.58 Å². The van der Waals surface area contributed by atoms with Crippen LogP contribution < -0.4 is 0 Å². The minimum absolute atomic E-state index is 0. The Morgan fingerprint density at radius 2 is 1.35 bits per heavy atom. The standard InChI is InChI=1S/C38H36NO.C13H12N.Ir/c1-23-10-8-11-29-30-12-9-13-31(37(30)40-36(23)29)35-20-34(26(4)22-39-35)33-19-24(2)32(18-25(33)3)28-16-14-27(15-17-28)21-38(5,6)7;1-10-3-6-12(7-4-10)13-8-5-11(2)9-14-13;/h8-12,14-20,22H,21H2,1-7H3;3-6,8-9H,1-2H3;/q2*-1;/i1D3,2D3,3D3,4D3,21D2;1D3,2D3;. The number of fused-ring (bicyclic) bond motifs is 3. The molecule has 4 heteroatoms. The molecule has 0 fully saturated rings. The number of pyridine rings is 2. The first-order chi connectivity index (χ1) is 33.9. The van der Waals surface area contributed by atoms with Crippen molar-refractivity contribution in [3.8, 4) is 44.8 Å². The van der Waals surface area contributed by atoms with E-state index in [0.717, 1.165) is 6.20 Å². The molecule has 1 radical (unpaired) electrons. The van der Waals surface area contributed by atoms with Crippen LogP contribution in [0.5, 0.6) is 0 Å². The minimum Gasteiger partial charge on any atom is -0.500 e. The van der Waals surface area contributed by atoms with Crippen LogP contribution in [0.4, 0.5) is 0 Å². The van der Waals surface area contributed by atoms with Crippen molar-refractivity contribution in [2.45, 2.75) is 68.3 Å². The second kappa shape index (κ2) is 16.3. The van der Waals surface area contributed by atoms with E-state index in [1.54, 1.807) is 81.4 Å². The van der Waals surface area contributed by atoms with Crippen LogP contribution in [0, 0.1) is 58.7 Å². The van der Waals surface area contributed by atoms with Crippen molar-refractivity contribution in [2.24, 2.45) is 5.41 Å². The number of rotatable bonds is 5. The molecule has 0 saturated carbocycles. The van der Waals surface area contributed by atoms with Gasteiger partial charge in [0.15, 0.2) is 0 Å². The molecule has 279 valence electrons. The van der Waals surface area contributed by atoms with Crippen molar-refractivity contribution < 1.29 is 51.9 Å². The molecule has 0 atom stereocenters. The topological polar surface area (TPSA) is 38.9 Å². The van der Waals surface area contributed by atoms with Crippen LogP contribution in [0.2, 0.25) is 0 Å². The Morgan fingerprint density at radius 3 is 2.04 bits per heavy atom. The summed E-state index contributed by atoms with van der Waals surface area (Å²) in [6.07, 6.45) is 0.654. The number of nitrogens with zero attached hydrogens (tertiary/aromatic N) is 2. The number of aryl methyl sites for hydroxylation is 6. The Labute approximate surface area is 368 Å². The van der Waals surface area contributed by atoms with Gasteiger partial charge in [0, 0.05) is 65.3 Å². The smallest absolute Gasteiger partial charge is 0.123 e. The Bertz CT molecular complexity index is 3280. The molecule has 0 aliphatic heterocycles. The van der Waals surface area contributed by atoms with Crippen molar-refractivity contribution in [3.05, 3.63) is 167 Å². The molecule has 0 bridgehead atoms. The van der Waals surface area contributed by atoms with Gasteiger partial charge in [-0.25, -0.2) is 0 Å². The molecule has 0 saturated heterocycles. The van der Waals surface area contributed by atoms with Crippen molar-refractivity contribution in [1.82, 2.24) is 9.97 Å². The summed E-state index contributed by atoms with van der Waals surface area (Å²) in [7, 11) is 0. The normalized spacial score (nSPS) is 18.3. The summed E-state index contributed by atoms with van der Waals surface area (Å²) in [4.78, 5) is 8.50. The molecule has 0 N–H and O–H groups in total. The van der Waals surface area contributed by atoms with Crippen molar-refractivity contribution in [1.29, 1.82) is 0 Å². The zero-order valence-corrected chi connectivity index (χ0v) is 32.5. The summed E-state index contributed by atoms with van der Waals surface area (Å²) >= 11 is 0. The predicted octanol–water partition coefficient (Wildman–Crippen LogP) is 13.8. The third-order valence-corrected chi connectivity index (χ3v) is 8.63. The molecule has 0 aliphatic carbocycles. The molecule has 0 unspecified atom stereocenters. The van der Waals surface area contributed by atoms with Gasteiger partial charge in [-0.3, -0.25) is 0 Å². The van der Waals surface area contributed by atoms with E-state index in [4.69, 9.17) is 31.8 Å². The van der Waals surface area contributed by atoms with Crippen LogP contribution in [-0.4, -0.2) is 9.97 Å². The molecule has 3 heterocycles. The zero-order chi connectivity index (χ0) is 54.9. The van der Waals surface area contributed by atoms with Crippen LogP contribution >= 0.6 is 0 Å². The van der Waals surface area contributed by atoms with Crippen LogP contribution in [0.15, 0.2) is 120 Å². The van der Waals surface area contributed by atoms with E-state index in [0.29, 0.717) is 33.2 Å². The number of para-hydroxylation sites is 1. The quantitative estimate of drug-likeness (QED) is 0.162. The molecule has 0 spiro atoms. The third kappa shape index (κ3) is 8.73. The number of furan rings is 1. The van der Waals surface area contributed by atoms with Crippen LogP contribution in [0.1, 0.15) is 87.1 Å². The molecule has 3 aromatic heterocycles. The maximum Gasteiger partial charge on any atom is 0.123 e. The summed E-state index contributed by atoms with van der Waals surface area (Å²) in [5.41, 5.74) is 1.16. The van der Waals surface area contributed by atoms with Gasteiger partial charge in [-0.1, -0.05) is 111 Å².